The number of carboxylic acid groups (broad SMARTS) is 1. The molecule has 0 heterocycles. The van der Waals surface area contributed by atoms with Crippen molar-refractivity contribution in [2.24, 2.45) is 5.92 Å². The minimum atomic E-state index is -2.23. The third kappa shape index (κ3) is 13.5. The highest BCUT2D eigenvalue weighted by atomic mass is 16.5. The number of rotatable bonds is 22. The van der Waals surface area contributed by atoms with E-state index < -0.39 is 23.4 Å². The van der Waals surface area contributed by atoms with Crippen LogP contribution in [0.3, 0.4) is 0 Å². The van der Waals surface area contributed by atoms with Gasteiger partial charge in [-0.3, -0.25) is 9.59 Å². The summed E-state index contributed by atoms with van der Waals surface area (Å²) in [6, 6.07) is 17.0. The van der Waals surface area contributed by atoms with Gasteiger partial charge in [0.1, 0.15) is 17.3 Å². The van der Waals surface area contributed by atoms with Crippen molar-refractivity contribution in [1.82, 2.24) is 5.32 Å². The number of hydrogen-bond acceptors (Lipinski definition) is 5. The number of aliphatic carboxylic acids is 1. The van der Waals surface area contributed by atoms with Gasteiger partial charge in [-0.15, -0.1) is 0 Å². The molecule has 0 aromatic heterocycles. The summed E-state index contributed by atoms with van der Waals surface area (Å²) in [7, 11) is 0. The van der Waals surface area contributed by atoms with Gasteiger partial charge in [0.25, 0.3) is 0 Å². The molecule has 0 radical (unpaired) electrons. The number of unbranched alkanes of at least 4 members (excludes halogenated alkanes) is 8. The van der Waals surface area contributed by atoms with Gasteiger partial charge in [-0.05, 0) is 68.9 Å². The fraction of sp³-hybridized carbons (Fsp3) is 0.514. The highest BCUT2D eigenvalue weighted by Crippen LogP contribution is 2.22. The number of Topliss-reactive ketones (excluding diaryl/α,β-unsaturated/α-hetero) is 1. The number of ether oxygens (including phenoxy) is 1. The van der Waals surface area contributed by atoms with Crippen LogP contribution in [0.2, 0.25) is 0 Å². The number of para-hydroxylation sites is 1. The van der Waals surface area contributed by atoms with Crippen molar-refractivity contribution in [1.29, 1.82) is 0 Å². The second-order valence-corrected chi connectivity index (χ2v) is 11.1. The molecule has 0 spiro atoms. The van der Waals surface area contributed by atoms with Crippen molar-refractivity contribution in [3.63, 3.8) is 0 Å². The third-order valence-corrected chi connectivity index (χ3v) is 7.40. The second kappa shape index (κ2) is 19.6. The average Bonchev–Trinajstić information content (AvgIpc) is 2.97. The van der Waals surface area contributed by atoms with Gasteiger partial charge in [0, 0.05) is 19.4 Å². The predicted molar refractivity (Wildman–Crippen MR) is 167 cm³/mol. The zero-order valence-electron chi connectivity index (χ0n) is 25.4. The SMILES string of the molecule is CCCCCCCC(=O)CCCCCCC=C[C@H](C(=O)NCCc1ccc(Oc2ccccc2)cc1)[C@](C)(O)C(=O)O. The number of allylic oxidation sites excluding steroid dienone is 1. The first-order valence-corrected chi connectivity index (χ1v) is 15.5. The number of aliphatic hydroxyl groups is 1. The first-order chi connectivity index (χ1) is 20.2. The van der Waals surface area contributed by atoms with Crippen molar-refractivity contribution in [3.05, 3.63) is 72.3 Å². The molecule has 2 rings (SSSR count). The molecule has 230 valence electrons. The van der Waals surface area contributed by atoms with Gasteiger partial charge in [-0.25, -0.2) is 4.79 Å². The lowest BCUT2D eigenvalue weighted by Crippen LogP contribution is -2.49. The summed E-state index contributed by atoms with van der Waals surface area (Å²) in [5.41, 5.74) is -1.24. The Morgan fingerprint density at radius 1 is 0.857 bits per heavy atom. The molecule has 42 heavy (non-hydrogen) atoms. The van der Waals surface area contributed by atoms with E-state index in [1.54, 1.807) is 6.08 Å². The number of ketones is 1. The Bertz CT molecular complexity index is 1090. The van der Waals surface area contributed by atoms with Gasteiger partial charge >= 0.3 is 5.97 Å². The molecule has 1 amide bonds. The molecule has 7 heteroatoms. The molecule has 0 saturated carbocycles. The van der Waals surface area contributed by atoms with Gasteiger partial charge in [-0.2, -0.15) is 0 Å². The highest BCUT2D eigenvalue weighted by molar-refractivity contribution is 5.90. The summed E-state index contributed by atoms with van der Waals surface area (Å²) >= 11 is 0. The van der Waals surface area contributed by atoms with Crippen molar-refractivity contribution in [2.75, 3.05) is 6.54 Å². The number of hydrogen-bond donors (Lipinski definition) is 3. The Morgan fingerprint density at radius 2 is 1.45 bits per heavy atom. The fourth-order valence-corrected chi connectivity index (χ4v) is 4.67. The van der Waals surface area contributed by atoms with Crippen LogP contribution in [0.1, 0.15) is 96.5 Å². The molecule has 2 aromatic rings. The molecule has 0 aliphatic heterocycles. The third-order valence-electron chi connectivity index (χ3n) is 7.40. The van der Waals surface area contributed by atoms with Crippen molar-refractivity contribution in [3.8, 4) is 11.5 Å². The minimum Gasteiger partial charge on any atom is -0.479 e. The standard InChI is InChI=1S/C35H49NO6/c1-3-4-5-8-12-17-29(37)18-13-9-6-7-10-16-21-32(35(2,41)34(39)40)33(38)36-27-26-28-22-24-31(25-23-28)42-30-19-14-11-15-20-30/h11,14-16,19-25,32,41H,3-10,12-13,17-18,26-27H2,1-2H3,(H,36,38)(H,39,40)/t32-,35+/m1/s1. The molecule has 2 aromatic carbocycles. The summed E-state index contributed by atoms with van der Waals surface area (Å²) < 4.78 is 5.80. The van der Waals surface area contributed by atoms with E-state index in [4.69, 9.17) is 4.74 Å². The molecule has 2 atom stereocenters. The predicted octanol–water partition coefficient (Wildman–Crippen LogP) is 7.42. The summed E-state index contributed by atoms with van der Waals surface area (Å²) in [6.07, 6.45) is 15.3. The summed E-state index contributed by atoms with van der Waals surface area (Å²) in [5.74, 6) is -1.39. The number of nitrogens with one attached hydrogen (secondary N) is 1. The van der Waals surface area contributed by atoms with E-state index in [0.717, 1.165) is 56.8 Å². The van der Waals surface area contributed by atoms with Crippen molar-refractivity contribution >= 4 is 17.7 Å². The summed E-state index contributed by atoms with van der Waals surface area (Å²) in [5, 5.41) is 22.9. The molecule has 3 N–H and O–H groups in total. The van der Waals surface area contributed by atoms with Gasteiger partial charge < -0.3 is 20.3 Å². The van der Waals surface area contributed by atoms with E-state index in [1.807, 2.05) is 54.6 Å². The van der Waals surface area contributed by atoms with Crippen LogP contribution in [0.15, 0.2) is 66.7 Å². The maximum Gasteiger partial charge on any atom is 0.336 e. The lowest BCUT2D eigenvalue weighted by atomic mass is 9.87. The van der Waals surface area contributed by atoms with E-state index in [-0.39, 0.29) is 0 Å². The van der Waals surface area contributed by atoms with Crippen LogP contribution in [-0.2, 0) is 20.8 Å². The average molecular weight is 580 g/mol. The smallest absolute Gasteiger partial charge is 0.336 e. The van der Waals surface area contributed by atoms with E-state index in [2.05, 4.69) is 12.2 Å². The summed E-state index contributed by atoms with van der Waals surface area (Å²) in [6.45, 7) is 3.63. The molecule has 0 aliphatic rings. The van der Waals surface area contributed by atoms with Gasteiger partial charge in [0.05, 0.1) is 5.92 Å². The zero-order chi connectivity index (χ0) is 30.6. The second-order valence-electron chi connectivity index (χ2n) is 11.1. The normalized spacial score (nSPS) is 13.4. The lowest BCUT2D eigenvalue weighted by molar-refractivity contribution is -0.163. The van der Waals surface area contributed by atoms with Crippen LogP contribution in [0.4, 0.5) is 0 Å². The van der Waals surface area contributed by atoms with E-state index in [0.29, 0.717) is 43.8 Å². The Labute approximate surface area is 251 Å². The molecule has 0 unspecified atom stereocenters. The maximum absolute atomic E-state index is 12.9. The number of amides is 1. The summed E-state index contributed by atoms with van der Waals surface area (Å²) in [4.78, 5) is 36.6. The molecular weight excluding hydrogens is 530 g/mol. The molecule has 0 saturated heterocycles. The first kappa shape index (κ1) is 34.7. The largest absolute Gasteiger partial charge is 0.479 e. The molecule has 7 nitrogen and oxygen atoms in total. The molecular formula is C35H49NO6. The molecule has 0 aliphatic carbocycles. The van der Waals surface area contributed by atoms with Crippen molar-refractivity contribution in [2.45, 2.75) is 103 Å². The topological polar surface area (TPSA) is 113 Å². The Hall–Kier alpha value is -3.45. The van der Waals surface area contributed by atoms with Crippen LogP contribution >= 0.6 is 0 Å². The van der Waals surface area contributed by atoms with Crippen molar-refractivity contribution < 1.29 is 29.3 Å². The first-order valence-electron chi connectivity index (χ1n) is 15.5. The van der Waals surface area contributed by atoms with Crippen LogP contribution in [0, 0.1) is 5.92 Å². The Balaban J connectivity index is 1.72. The van der Waals surface area contributed by atoms with Gasteiger partial charge in [0.2, 0.25) is 5.91 Å². The zero-order valence-corrected chi connectivity index (χ0v) is 25.4. The fourth-order valence-electron chi connectivity index (χ4n) is 4.67. The minimum absolute atomic E-state index is 0.301. The van der Waals surface area contributed by atoms with Crippen LogP contribution < -0.4 is 10.1 Å². The number of carboxylic acids is 1. The molecule has 0 bridgehead atoms. The van der Waals surface area contributed by atoms with E-state index in [1.165, 1.54) is 25.3 Å². The quantitative estimate of drug-likeness (QED) is 0.0988. The Morgan fingerprint density at radius 3 is 2.07 bits per heavy atom. The highest BCUT2D eigenvalue weighted by Gasteiger charge is 2.42. The van der Waals surface area contributed by atoms with Crippen LogP contribution in [0.25, 0.3) is 0 Å². The monoisotopic (exact) mass is 579 g/mol. The van der Waals surface area contributed by atoms with Crippen LogP contribution in [0.5, 0.6) is 11.5 Å². The maximum atomic E-state index is 12.9. The number of carbonyl (C=O) groups excluding carboxylic acids is 2. The Kier molecular flexibility index (Phi) is 16.2. The number of carbonyl (C=O) groups is 3. The van der Waals surface area contributed by atoms with E-state index in [9.17, 15) is 24.6 Å². The van der Waals surface area contributed by atoms with Crippen LogP contribution in [-0.4, -0.2) is 40.0 Å². The van der Waals surface area contributed by atoms with Gasteiger partial charge in [0.15, 0.2) is 5.60 Å². The van der Waals surface area contributed by atoms with Gasteiger partial charge in [-0.1, -0.05) is 87.9 Å². The lowest BCUT2D eigenvalue weighted by Gasteiger charge is -2.25. The number of benzene rings is 2. The van der Waals surface area contributed by atoms with E-state index >= 15 is 0 Å². The molecule has 0 fully saturated rings.